The molecule has 4 aliphatic heterocycles. The molecule has 0 bridgehead atoms. The van der Waals surface area contributed by atoms with Crippen LogP contribution in [0, 0.1) is 0 Å². The molecule has 4 heterocycles. The molecule has 10 heteroatoms. The lowest BCUT2D eigenvalue weighted by molar-refractivity contribution is 0.464. The van der Waals surface area contributed by atoms with Crippen molar-refractivity contribution >= 4 is 138 Å². The quantitative estimate of drug-likeness (QED) is 0.106. The van der Waals surface area contributed by atoms with E-state index in [9.17, 15) is 0 Å². The number of anilines is 12. The van der Waals surface area contributed by atoms with Gasteiger partial charge in [-0.05, 0) is 206 Å². The van der Waals surface area contributed by atoms with E-state index < -0.39 is 0 Å². The second kappa shape index (κ2) is 24.8. The van der Waals surface area contributed by atoms with Crippen molar-refractivity contribution in [1.82, 2.24) is 0 Å². The monoisotopic (exact) mass is 1410 g/mol. The van der Waals surface area contributed by atoms with Crippen LogP contribution in [0.4, 0.5) is 68.2 Å². The normalized spacial score (nSPS) is 14.9. The lowest BCUT2D eigenvalue weighted by Gasteiger charge is -2.39. The molecule has 1 atom stereocenters. The van der Waals surface area contributed by atoms with E-state index in [-0.39, 0.29) is 24.3 Å². The molecule has 0 amide bonds. The third-order valence-corrected chi connectivity index (χ3v) is 25.7. The van der Waals surface area contributed by atoms with Gasteiger partial charge >= 0.3 is 0 Å². The first kappa shape index (κ1) is 63.4. The molecule has 0 saturated carbocycles. The average Bonchev–Trinajstić information content (AvgIpc) is 1.68. The van der Waals surface area contributed by atoms with Gasteiger partial charge in [-0.25, -0.2) is 0 Å². The van der Waals surface area contributed by atoms with E-state index in [2.05, 4.69) is 387 Å². The Morgan fingerprint density at radius 1 is 0.280 bits per heavy atom. The molecular formula is C97H70B2N4O2S2. The summed E-state index contributed by atoms with van der Waals surface area (Å²) in [5.41, 5.74) is 30.1. The van der Waals surface area contributed by atoms with Crippen molar-refractivity contribution in [2.75, 3.05) is 19.6 Å². The average molecular weight is 1410 g/mol. The van der Waals surface area contributed by atoms with Gasteiger partial charge in [-0.2, -0.15) is 0 Å². The summed E-state index contributed by atoms with van der Waals surface area (Å²) >= 11 is 3.81. The molecule has 0 N–H and O–H groups in total. The molecule has 1 unspecified atom stereocenters. The summed E-state index contributed by atoms with van der Waals surface area (Å²) in [7, 11) is 0. The lowest BCUT2D eigenvalue weighted by Crippen LogP contribution is -2.62. The lowest BCUT2D eigenvalue weighted by atomic mass is 9.32. The SMILES string of the molecule is CCC1(C)c2cc(N(c3ccccc3)c3ccccc3)ccc2-c2c1ccc1c2Sc2cc(N(c3ccccc3)c3ccccc3)cc3c2B1c1cc2c(cc1O3)Oc1cc(N(c3ccccc3)c3ccccc3)cc3c1B2c1ccc2c(c1S3)-c1ccc(N(c3ccccc3)c3ccccc3)cc1C2(C)C. The third kappa shape index (κ3) is 9.92. The molecule has 6 nitrogen and oxygen atoms in total. The molecule has 0 saturated heterocycles. The first-order valence-corrected chi connectivity index (χ1v) is 38.8. The molecule has 0 spiro atoms. The third-order valence-electron chi connectivity index (χ3n) is 23.3. The van der Waals surface area contributed by atoms with E-state index in [0.29, 0.717) is 0 Å². The standard InChI is InChI=1S/C97H70B2N4O2S2/c1-5-97(4)77-51-53-81-95(91(77)75-49-47-71(55-79(75)97)101(64-34-18-8-19-35-64)65-36-20-9-21-37-65)107-89-59-73(103(68-42-26-12-27-43-68)69-44-28-13-29-45-69)57-87-93(89)99(81)83-60-82-84(61-85(83)105-87)104-86-56-72(102(66-38-22-10-23-39-66)67-40-24-11-25-41-67)58-88-92(86)98(82)80-52-50-76-90(94(80)106-88)74-48-46-70(54-78(74)96(76,2)3)100(62-30-14-6-15-31-62)63-32-16-7-17-33-63/h6-61H,5H2,1-4H3. The second-order valence-corrected chi connectivity index (χ2v) is 31.6. The smallest absolute Gasteiger partial charge is 0.253 e. The fourth-order valence-corrected chi connectivity index (χ4v) is 20.9. The van der Waals surface area contributed by atoms with E-state index in [1.165, 1.54) is 85.9 Å². The highest BCUT2D eigenvalue weighted by Gasteiger charge is 2.50. The van der Waals surface area contributed by atoms with Crippen LogP contribution in [0.1, 0.15) is 56.4 Å². The zero-order valence-corrected chi connectivity index (χ0v) is 61.2. The molecule has 15 aromatic rings. The highest BCUT2D eigenvalue weighted by molar-refractivity contribution is 8.00. The maximum Gasteiger partial charge on any atom is 0.253 e. The Labute approximate surface area is 634 Å². The maximum atomic E-state index is 7.68. The molecule has 15 aromatic carbocycles. The Balaban J connectivity index is 0.781. The molecule has 0 radical (unpaired) electrons. The van der Waals surface area contributed by atoms with Crippen molar-refractivity contribution in [3.05, 3.63) is 362 Å². The van der Waals surface area contributed by atoms with Gasteiger partial charge in [-0.3, -0.25) is 0 Å². The zero-order chi connectivity index (χ0) is 71.2. The van der Waals surface area contributed by atoms with Gasteiger partial charge in [0, 0.05) is 105 Å². The number of hydrogen-bond acceptors (Lipinski definition) is 8. The van der Waals surface area contributed by atoms with E-state index >= 15 is 0 Å². The minimum atomic E-state index is -0.331. The van der Waals surface area contributed by atoms with Crippen molar-refractivity contribution in [2.45, 2.75) is 64.5 Å². The van der Waals surface area contributed by atoms with Crippen molar-refractivity contribution in [3.63, 3.8) is 0 Å². The van der Waals surface area contributed by atoms with Crippen LogP contribution in [0.15, 0.2) is 359 Å². The van der Waals surface area contributed by atoms with E-state index in [1.54, 1.807) is 0 Å². The predicted octanol–water partition coefficient (Wildman–Crippen LogP) is 22.7. The summed E-state index contributed by atoms with van der Waals surface area (Å²) in [5.74, 6) is 3.26. The van der Waals surface area contributed by atoms with Crippen molar-refractivity contribution < 1.29 is 9.47 Å². The van der Waals surface area contributed by atoms with Crippen molar-refractivity contribution in [3.8, 4) is 45.3 Å². The molecule has 0 aromatic heterocycles. The van der Waals surface area contributed by atoms with Gasteiger partial charge in [0.1, 0.15) is 23.0 Å². The maximum absolute atomic E-state index is 7.68. The van der Waals surface area contributed by atoms with Gasteiger partial charge in [0.05, 0.1) is 11.4 Å². The summed E-state index contributed by atoms with van der Waals surface area (Å²) in [6.07, 6.45) is 0.925. The summed E-state index contributed by atoms with van der Waals surface area (Å²) < 4.78 is 15.4. The highest BCUT2D eigenvalue weighted by atomic mass is 32.2. The number of para-hydroxylation sites is 8. The Morgan fingerprint density at radius 3 is 0.972 bits per heavy atom. The Morgan fingerprint density at radius 2 is 0.607 bits per heavy atom. The number of fused-ring (bicyclic) bond motifs is 16. The van der Waals surface area contributed by atoms with Crippen molar-refractivity contribution in [2.24, 2.45) is 0 Å². The molecule has 21 rings (SSSR count). The summed E-state index contributed by atoms with van der Waals surface area (Å²) in [4.78, 5) is 14.5. The van der Waals surface area contributed by atoms with E-state index in [1.807, 2.05) is 23.5 Å². The number of rotatable bonds is 13. The van der Waals surface area contributed by atoms with Crippen molar-refractivity contribution in [1.29, 1.82) is 0 Å². The predicted molar refractivity (Wildman–Crippen MR) is 448 cm³/mol. The molecule has 508 valence electrons. The van der Waals surface area contributed by atoms with Gasteiger partial charge in [0.25, 0.3) is 13.4 Å². The van der Waals surface area contributed by atoms with Crippen LogP contribution >= 0.6 is 23.5 Å². The zero-order valence-electron chi connectivity index (χ0n) is 59.6. The molecule has 0 fully saturated rings. The Hall–Kier alpha value is -12.1. The summed E-state index contributed by atoms with van der Waals surface area (Å²) in [5, 5.41) is 0. The van der Waals surface area contributed by atoms with Crippen LogP contribution in [0.5, 0.6) is 23.0 Å². The Kier molecular flexibility index (Phi) is 14.7. The number of ether oxygens (including phenoxy) is 2. The van der Waals surface area contributed by atoms with Crippen LogP contribution < -0.4 is 61.9 Å². The van der Waals surface area contributed by atoms with Crippen LogP contribution in [0.3, 0.4) is 0 Å². The second-order valence-electron chi connectivity index (χ2n) is 29.5. The fraction of sp³-hybridized carbons (Fsp3) is 0.0722. The molecule has 107 heavy (non-hydrogen) atoms. The molecule has 2 aliphatic carbocycles. The van der Waals surface area contributed by atoms with Crippen LogP contribution in [0.25, 0.3) is 22.3 Å². The number of benzene rings is 15. The minimum absolute atomic E-state index is 0.200. The van der Waals surface area contributed by atoms with Crippen LogP contribution in [-0.4, -0.2) is 13.4 Å². The van der Waals surface area contributed by atoms with Gasteiger partial charge in [0.15, 0.2) is 0 Å². The number of hydrogen-bond donors (Lipinski definition) is 0. The van der Waals surface area contributed by atoms with Gasteiger partial charge < -0.3 is 29.1 Å². The van der Waals surface area contributed by atoms with Crippen LogP contribution in [0.2, 0.25) is 0 Å². The molecular weight excluding hydrogens is 1340 g/mol. The minimum Gasteiger partial charge on any atom is -0.458 e. The first-order chi connectivity index (χ1) is 52.6. The number of nitrogens with zero attached hydrogens (tertiary/aromatic N) is 4. The summed E-state index contributed by atoms with van der Waals surface area (Å²) in [6, 6.07) is 125. The largest absolute Gasteiger partial charge is 0.458 e. The Bertz CT molecular complexity index is 5920. The fourth-order valence-electron chi connectivity index (χ4n) is 18.2. The summed E-state index contributed by atoms with van der Waals surface area (Å²) in [6.45, 7) is 9.28. The van der Waals surface area contributed by atoms with Gasteiger partial charge in [0.2, 0.25) is 0 Å². The first-order valence-electron chi connectivity index (χ1n) is 37.2. The van der Waals surface area contributed by atoms with Gasteiger partial charge in [-0.1, -0.05) is 250 Å². The van der Waals surface area contributed by atoms with Crippen LogP contribution in [-0.2, 0) is 10.8 Å². The molecule has 6 aliphatic rings. The topological polar surface area (TPSA) is 31.4 Å². The van der Waals surface area contributed by atoms with E-state index in [4.69, 9.17) is 9.47 Å². The van der Waals surface area contributed by atoms with Gasteiger partial charge in [-0.15, -0.1) is 0 Å². The highest BCUT2D eigenvalue weighted by Crippen LogP contribution is 2.59. The van der Waals surface area contributed by atoms with E-state index in [0.717, 1.165) is 109 Å².